The van der Waals surface area contributed by atoms with Gasteiger partial charge in [0.15, 0.2) is 0 Å². The van der Waals surface area contributed by atoms with Crippen LogP contribution in [0.5, 0.6) is 0 Å². The van der Waals surface area contributed by atoms with Crippen LogP contribution in [0.25, 0.3) is 0 Å². The Morgan fingerprint density at radius 1 is 1.24 bits per heavy atom. The third-order valence-electron chi connectivity index (χ3n) is 2.88. The maximum absolute atomic E-state index is 9.79. The van der Waals surface area contributed by atoms with Gasteiger partial charge in [-0.15, -0.1) is 0 Å². The fourth-order valence-corrected chi connectivity index (χ4v) is 1.62. The molecule has 1 aromatic rings. The van der Waals surface area contributed by atoms with Gasteiger partial charge in [-0.2, -0.15) is 0 Å². The molecule has 0 unspecified atom stereocenters. The van der Waals surface area contributed by atoms with Crippen LogP contribution in [-0.4, -0.2) is 31.5 Å². The van der Waals surface area contributed by atoms with Crippen LogP contribution in [0.2, 0.25) is 0 Å². The minimum absolute atomic E-state index is 0.134. The van der Waals surface area contributed by atoms with E-state index < -0.39 is 0 Å². The molecule has 1 rings (SSSR count). The molecule has 0 saturated carbocycles. The number of ether oxygens (including phenoxy) is 1. The lowest BCUT2D eigenvalue weighted by atomic mass is 10.0. The third kappa shape index (κ3) is 4.86. The highest BCUT2D eigenvalue weighted by atomic mass is 16.5. The Bertz CT molecular complexity index is 300. The second-order valence-corrected chi connectivity index (χ2v) is 4.64. The van der Waals surface area contributed by atoms with Gasteiger partial charge < -0.3 is 15.2 Å². The maximum atomic E-state index is 9.79. The number of hydrogen-bond acceptors (Lipinski definition) is 3. The monoisotopic (exact) mass is 237 g/mol. The summed E-state index contributed by atoms with van der Waals surface area (Å²) in [6, 6.07) is 10.3. The van der Waals surface area contributed by atoms with Crippen molar-refractivity contribution in [1.29, 1.82) is 0 Å². The summed E-state index contributed by atoms with van der Waals surface area (Å²) in [5.74, 6) is 0.265. The van der Waals surface area contributed by atoms with Crippen LogP contribution in [-0.2, 0) is 4.74 Å². The number of nitrogens with one attached hydrogen (secondary N) is 1. The van der Waals surface area contributed by atoms with E-state index in [1.807, 2.05) is 32.0 Å². The Kier molecular flexibility index (Phi) is 6.19. The molecule has 0 aliphatic rings. The van der Waals surface area contributed by atoms with Crippen LogP contribution < -0.4 is 5.32 Å². The number of rotatable bonds is 7. The molecular weight excluding hydrogens is 214 g/mol. The van der Waals surface area contributed by atoms with Crippen molar-refractivity contribution in [1.82, 2.24) is 5.32 Å². The predicted molar refractivity (Wildman–Crippen MR) is 69.9 cm³/mol. The molecule has 3 heteroatoms. The molecule has 0 heterocycles. The largest absolute Gasteiger partial charge is 0.392 e. The van der Waals surface area contributed by atoms with E-state index in [0.717, 1.165) is 0 Å². The van der Waals surface area contributed by atoms with E-state index in [4.69, 9.17) is 4.74 Å². The van der Waals surface area contributed by atoms with Gasteiger partial charge in [-0.3, -0.25) is 0 Å². The third-order valence-corrected chi connectivity index (χ3v) is 2.88. The fourth-order valence-electron chi connectivity index (χ4n) is 1.62. The molecule has 3 nitrogen and oxygen atoms in total. The molecular formula is C14H23NO2. The molecule has 2 N–H and O–H groups in total. The molecule has 0 amide bonds. The van der Waals surface area contributed by atoms with Crippen molar-refractivity contribution in [3.8, 4) is 0 Å². The van der Waals surface area contributed by atoms with Crippen molar-refractivity contribution in [2.75, 3.05) is 20.3 Å². The SMILES string of the molecule is COC[C@H](NC[C@H](O)C(C)C)c1ccccc1. The molecule has 0 spiro atoms. The van der Waals surface area contributed by atoms with Gasteiger partial charge >= 0.3 is 0 Å². The number of hydrogen-bond donors (Lipinski definition) is 2. The molecule has 0 radical (unpaired) electrons. The van der Waals surface area contributed by atoms with Crippen LogP contribution in [0, 0.1) is 5.92 Å². The Morgan fingerprint density at radius 3 is 2.41 bits per heavy atom. The average molecular weight is 237 g/mol. The van der Waals surface area contributed by atoms with Gasteiger partial charge in [0.05, 0.1) is 18.8 Å². The summed E-state index contributed by atoms with van der Waals surface area (Å²) < 4.78 is 5.21. The van der Waals surface area contributed by atoms with Gasteiger partial charge in [-0.1, -0.05) is 44.2 Å². The molecule has 0 bridgehead atoms. The summed E-state index contributed by atoms with van der Waals surface area (Å²) in [4.78, 5) is 0. The first-order valence-electron chi connectivity index (χ1n) is 6.10. The molecule has 2 atom stereocenters. The zero-order valence-electron chi connectivity index (χ0n) is 10.9. The van der Waals surface area contributed by atoms with E-state index in [-0.39, 0.29) is 18.1 Å². The minimum atomic E-state index is -0.321. The lowest BCUT2D eigenvalue weighted by Gasteiger charge is -2.22. The van der Waals surface area contributed by atoms with Crippen molar-refractivity contribution < 1.29 is 9.84 Å². The molecule has 0 fully saturated rings. The number of methoxy groups -OCH3 is 1. The lowest BCUT2D eigenvalue weighted by molar-refractivity contribution is 0.108. The van der Waals surface area contributed by atoms with Crippen molar-refractivity contribution in [3.05, 3.63) is 35.9 Å². The first-order chi connectivity index (χ1) is 8.15. The van der Waals surface area contributed by atoms with Gasteiger partial charge in [0.1, 0.15) is 0 Å². The summed E-state index contributed by atoms with van der Waals surface area (Å²) in [6.45, 7) is 5.22. The first-order valence-corrected chi connectivity index (χ1v) is 6.10. The van der Waals surface area contributed by atoms with E-state index in [9.17, 15) is 5.11 Å². The summed E-state index contributed by atoms with van der Waals surface area (Å²) >= 11 is 0. The van der Waals surface area contributed by atoms with E-state index in [0.29, 0.717) is 13.2 Å². The number of aliphatic hydroxyl groups excluding tert-OH is 1. The topological polar surface area (TPSA) is 41.5 Å². The van der Waals surface area contributed by atoms with E-state index in [1.165, 1.54) is 5.56 Å². The highest BCUT2D eigenvalue weighted by molar-refractivity contribution is 5.18. The second-order valence-electron chi connectivity index (χ2n) is 4.64. The van der Waals surface area contributed by atoms with Gasteiger partial charge in [0.25, 0.3) is 0 Å². The van der Waals surface area contributed by atoms with Crippen LogP contribution in [0.3, 0.4) is 0 Å². The number of aliphatic hydroxyl groups is 1. The minimum Gasteiger partial charge on any atom is -0.392 e. The second kappa shape index (κ2) is 7.43. The first kappa shape index (κ1) is 14.2. The smallest absolute Gasteiger partial charge is 0.0687 e. The standard InChI is InChI=1S/C14H23NO2/c1-11(2)14(16)9-15-13(10-17-3)12-7-5-4-6-8-12/h4-8,11,13-16H,9-10H2,1-3H3/t13-,14-/m0/s1. The normalized spacial score (nSPS) is 14.9. The maximum Gasteiger partial charge on any atom is 0.0687 e. The Labute approximate surface area is 104 Å². The Morgan fingerprint density at radius 2 is 1.88 bits per heavy atom. The molecule has 17 heavy (non-hydrogen) atoms. The quantitative estimate of drug-likeness (QED) is 0.762. The van der Waals surface area contributed by atoms with Gasteiger partial charge in [0.2, 0.25) is 0 Å². The predicted octanol–water partition coefficient (Wildman–Crippen LogP) is 1.98. The van der Waals surface area contributed by atoms with Crippen LogP contribution in [0.4, 0.5) is 0 Å². The lowest BCUT2D eigenvalue weighted by Crippen LogP contribution is -2.35. The Hall–Kier alpha value is -0.900. The summed E-state index contributed by atoms with van der Waals surface area (Å²) in [6.07, 6.45) is -0.321. The Balaban J connectivity index is 2.55. The van der Waals surface area contributed by atoms with E-state index >= 15 is 0 Å². The molecule has 0 aliphatic heterocycles. The molecule has 1 aromatic carbocycles. The average Bonchev–Trinajstić information content (AvgIpc) is 2.35. The van der Waals surface area contributed by atoms with E-state index in [2.05, 4.69) is 17.4 Å². The van der Waals surface area contributed by atoms with Crippen molar-refractivity contribution in [2.24, 2.45) is 5.92 Å². The van der Waals surface area contributed by atoms with Crippen LogP contribution >= 0.6 is 0 Å². The number of benzene rings is 1. The van der Waals surface area contributed by atoms with Gasteiger partial charge in [-0.25, -0.2) is 0 Å². The molecule has 0 aliphatic carbocycles. The van der Waals surface area contributed by atoms with Crippen molar-refractivity contribution >= 4 is 0 Å². The summed E-state index contributed by atoms with van der Waals surface area (Å²) in [7, 11) is 1.69. The fraction of sp³-hybridized carbons (Fsp3) is 0.571. The van der Waals surface area contributed by atoms with E-state index in [1.54, 1.807) is 7.11 Å². The summed E-state index contributed by atoms with van der Waals surface area (Å²) in [5, 5.41) is 13.1. The van der Waals surface area contributed by atoms with Crippen LogP contribution in [0.1, 0.15) is 25.5 Å². The zero-order chi connectivity index (χ0) is 12.7. The highest BCUT2D eigenvalue weighted by Crippen LogP contribution is 2.13. The van der Waals surface area contributed by atoms with Gasteiger partial charge in [-0.05, 0) is 11.5 Å². The highest BCUT2D eigenvalue weighted by Gasteiger charge is 2.14. The molecule has 0 saturated heterocycles. The molecule has 96 valence electrons. The summed E-state index contributed by atoms with van der Waals surface area (Å²) in [5.41, 5.74) is 1.19. The van der Waals surface area contributed by atoms with Gasteiger partial charge in [0, 0.05) is 13.7 Å². The zero-order valence-corrected chi connectivity index (χ0v) is 10.9. The van der Waals surface area contributed by atoms with Crippen molar-refractivity contribution in [3.63, 3.8) is 0 Å². The van der Waals surface area contributed by atoms with Crippen LogP contribution in [0.15, 0.2) is 30.3 Å². The van der Waals surface area contributed by atoms with Crippen molar-refractivity contribution in [2.45, 2.75) is 26.0 Å². The molecule has 0 aromatic heterocycles.